The number of hydrogen-bond acceptors (Lipinski definition) is 3. The number of aryl methyl sites for hydroxylation is 1. The fourth-order valence-corrected chi connectivity index (χ4v) is 4.69. The molecule has 0 radical (unpaired) electrons. The van der Waals surface area contributed by atoms with Crippen molar-refractivity contribution in [1.29, 1.82) is 0 Å². The zero-order valence-electron chi connectivity index (χ0n) is 16.5. The molecule has 4 rings (SSSR count). The predicted molar refractivity (Wildman–Crippen MR) is 114 cm³/mol. The average Bonchev–Trinajstić information content (AvgIpc) is 2.94. The molecule has 5 heteroatoms. The number of hydrogen-bond donors (Lipinski definition) is 0. The lowest BCUT2D eigenvalue weighted by Gasteiger charge is -2.37. The second kappa shape index (κ2) is 8.62. The van der Waals surface area contributed by atoms with Crippen molar-refractivity contribution in [3.05, 3.63) is 65.0 Å². The molecular formula is C23H28ClFN2O. The molecule has 0 spiro atoms. The molecule has 0 amide bonds. The van der Waals surface area contributed by atoms with E-state index in [1.54, 1.807) is 12.1 Å². The van der Waals surface area contributed by atoms with Crippen molar-refractivity contribution < 1.29 is 9.18 Å². The van der Waals surface area contributed by atoms with Crippen LogP contribution < -0.4 is 4.90 Å². The van der Waals surface area contributed by atoms with Gasteiger partial charge in [0, 0.05) is 49.8 Å². The summed E-state index contributed by atoms with van der Waals surface area (Å²) in [6, 6.07) is 13.3. The van der Waals surface area contributed by atoms with Gasteiger partial charge < -0.3 is 9.80 Å². The number of carbonyl (C=O) groups is 1. The van der Waals surface area contributed by atoms with Crippen molar-refractivity contribution in [2.75, 3.05) is 31.6 Å². The van der Waals surface area contributed by atoms with E-state index < -0.39 is 0 Å². The van der Waals surface area contributed by atoms with E-state index >= 15 is 0 Å². The molecule has 2 aromatic carbocycles. The smallest absolute Gasteiger partial charge is 0.162 e. The van der Waals surface area contributed by atoms with E-state index in [2.05, 4.69) is 42.0 Å². The van der Waals surface area contributed by atoms with Gasteiger partial charge in [0.25, 0.3) is 0 Å². The van der Waals surface area contributed by atoms with Gasteiger partial charge in [-0.2, -0.15) is 0 Å². The van der Waals surface area contributed by atoms with Crippen LogP contribution in [0.15, 0.2) is 42.5 Å². The van der Waals surface area contributed by atoms with Crippen LogP contribution in [0.4, 0.5) is 10.1 Å². The summed E-state index contributed by atoms with van der Waals surface area (Å²) in [6.45, 7) is 5.26. The molecule has 0 saturated carbocycles. The van der Waals surface area contributed by atoms with Gasteiger partial charge in [0.1, 0.15) is 5.82 Å². The number of Topliss-reactive ketones (excluding diaryl/α,β-unsaturated/α-hetero) is 1. The summed E-state index contributed by atoms with van der Waals surface area (Å²) in [5, 5.41) is 0. The number of anilines is 1. The van der Waals surface area contributed by atoms with Crippen molar-refractivity contribution in [2.24, 2.45) is 0 Å². The molecule has 150 valence electrons. The minimum atomic E-state index is -0.300. The number of nitrogens with zero attached hydrogens (tertiary/aromatic N) is 2. The molecule has 1 saturated heterocycles. The van der Waals surface area contributed by atoms with Crippen molar-refractivity contribution in [3.8, 4) is 0 Å². The number of carbonyl (C=O) groups excluding carboxylic acids is 1. The van der Waals surface area contributed by atoms with E-state index in [1.807, 2.05) is 0 Å². The Morgan fingerprint density at radius 3 is 2.68 bits per heavy atom. The first-order chi connectivity index (χ1) is 13.0. The van der Waals surface area contributed by atoms with Gasteiger partial charge in [-0.1, -0.05) is 17.7 Å². The fourth-order valence-electron chi connectivity index (χ4n) is 4.69. The number of likely N-dealkylation sites (N-methyl/N-ethyl adjacent to an activating group) is 1. The molecule has 2 aromatic rings. The van der Waals surface area contributed by atoms with Crippen LogP contribution in [0.3, 0.4) is 0 Å². The van der Waals surface area contributed by atoms with Crippen molar-refractivity contribution in [3.63, 3.8) is 0 Å². The minimum absolute atomic E-state index is 0. The summed E-state index contributed by atoms with van der Waals surface area (Å²) in [6.07, 6.45) is 2.54. The fraction of sp³-hybridized carbons (Fsp3) is 0.435. The molecule has 2 aliphatic heterocycles. The van der Waals surface area contributed by atoms with E-state index in [-0.39, 0.29) is 24.0 Å². The first-order valence-corrected chi connectivity index (χ1v) is 9.87. The Kier molecular flexibility index (Phi) is 6.41. The second-order valence-corrected chi connectivity index (χ2v) is 7.97. The van der Waals surface area contributed by atoms with Crippen molar-refractivity contribution in [1.82, 2.24) is 4.90 Å². The molecule has 28 heavy (non-hydrogen) atoms. The van der Waals surface area contributed by atoms with Crippen LogP contribution in [0, 0.1) is 12.7 Å². The maximum absolute atomic E-state index is 13.0. The van der Waals surface area contributed by atoms with Gasteiger partial charge in [-0.25, -0.2) is 4.39 Å². The molecule has 2 atom stereocenters. The molecule has 0 bridgehead atoms. The van der Waals surface area contributed by atoms with Gasteiger partial charge in [-0.3, -0.25) is 4.79 Å². The third-order valence-corrected chi connectivity index (χ3v) is 6.16. The minimum Gasteiger partial charge on any atom is -0.371 e. The van der Waals surface area contributed by atoms with Crippen LogP contribution in [-0.4, -0.2) is 43.4 Å². The maximum Gasteiger partial charge on any atom is 0.162 e. The number of benzene rings is 2. The topological polar surface area (TPSA) is 23.6 Å². The summed E-state index contributed by atoms with van der Waals surface area (Å²) in [5.74, 6) is 0.365. The highest BCUT2D eigenvalue weighted by atomic mass is 35.5. The summed E-state index contributed by atoms with van der Waals surface area (Å²) >= 11 is 0. The molecule has 2 aliphatic rings. The van der Waals surface area contributed by atoms with Crippen LogP contribution in [0.5, 0.6) is 0 Å². The van der Waals surface area contributed by atoms with Crippen molar-refractivity contribution in [2.45, 2.75) is 38.1 Å². The van der Waals surface area contributed by atoms with E-state index in [0.29, 0.717) is 23.9 Å². The summed E-state index contributed by atoms with van der Waals surface area (Å²) < 4.78 is 13.0. The highest BCUT2D eigenvalue weighted by Gasteiger charge is 2.39. The molecule has 0 aliphatic carbocycles. The Morgan fingerprint density at radius 1 is 1.18 bits per heavy atom. The van der Waals surface area contributed by atoms with Gasteiger partial charge in [0.05, 0.1) is 0 Å². The molecule has 1 fully saturated rings. The van der Waals surface area contributed by atoms with E-state index in [0.717, 1.165) is 26.1 Å². The van der Waals surface area contributed by atoms with Gasteiger partial charge in [0.15, 0.2) is 5.78 Å². The molecule has 2 heterocycles. The standard InChI is InChI=1S/C23H27FN2O.ClH/c1-16-5-10-21-19(14-16)20-15-26(13-11-22(20)25(21)2)12-3-4-23(27)17-6-8-18(24)9-7-17;/h5-10,14,20,22H,3-4,11-13,15H2,1-2H3;1H/t20-,22-;/m1./s1. The van der Waals surface area contributed by atoms with Crippen LogP contribution in [0.2, 0.25) is 0 Å². The lowest BCUT2D eigenvalue weighted by Crippen LogP contribution is -2.45. The Labute approximate surface area is 172 Å². The van der Waals surface area contributed by atoms with Gasteiger partial charge in [-0.15, -0.1) is 12.4 Å². The second-order valence-electron chi connectivity index (χ2n) is 7.97. The summed E-state index contributed by atoms with van der Waals surface area (Å²) in [5.41, 5.74) is 4.79. The SMILES string of the molecule is Cc1ccc2c(c1)[C@H]1CN(CCCC(=O)c3ccc(F)cc3)CC[C@H]1N2C.Cl. The third-order valence-electron chi connectivity index (χ3n) is 6.16. The van der Waals surface area contributed by atoms with Crippen LogP contribution >= 0.6 is 12.4 Å². The number of likely N-dealkylation sites (tertiary alicyclic amines) is 1. The number of fused-ring (bicyclic) bond motifs is 3. The predicted octanol–water partition coefficient (Wildman–Crippen LogP) is 4.83. The summed E-state index contributed by atoms with van der Waals surface area (Å²) in [4.78, 5) is 17.2. The number of halogens is 2. The van der Waals surface area contributed by atoms with Crippen LogP contribution in [-0.2, 0) is 0 Å². The van der Waals surface area contributed by atoms with Crippen LogP contribution in [0.1, 0.15) is 46.7 Å². The molecular weight excluding hydrogens is 375 g/mol. The molecule has 0 aromatic heterocycles. The first kappa shape index (κ1) is 20.8. The molecule has 0 N–H and O–H groups in total. The lowest BCUT2D eigenvalue weighted by atomic mass is 9.88. The first-order valence-electron chi connectivity index (χ1n) is 9.87. The highest BCUT2D eigenvalue weighted by Crippen LogP contribution is 2.44. The number of ketones is 1. The summed E-state index contributed by atoms with van der Waals surface area (Å²) in [7, 11) is 2.22. The Bertz CT molecular complexity index is 839. The quantitative estimate of drug-likeness (QED) is 0.669. The van der Waals surface area contributed by atoms with E-state index in [4.69, 9.17) is 0 Å². The van der Waals surface area contributed by atoms with E-state index in [1.165, 1.54) is 35.4 Å². The monoisotopic (exact) mass is 402 g/mol. The normalized spacial score (nSPS) is 21.0. The number of rotatable bonds is 5. The Morgan fingerprint density at radius 2 is 1.93 bits per heavy atom. The van der Waals surface area contributed by atoms with Gasteiger partial charge in [-0.05, 0) is 62.2 Å². The largest absolute Gasteiger partial charge is 0.371 e. The van der Waals surface area contributed by atoms with Gasteiger partial charge in [0.2, 0.25) is 0 Å². The van der Waals surface area contributed by atoms with Crippen molar-refractivity contribution >= 4 is 23.9 Å². The van der Waals surface area contributed by atoms with Gasteiger partial charge >= 0.3 is 0 Å². The molecule has 0 unspecified atom stereocenters. The lowest BCUT2D eigenvalue weighted by molar-refractivity contribution is 0.0971. The van der Waals surface area contributed by atoms with E-state index in [9.17, 15) is 9.18 Å². The Hall–Kier alpha value is -1.91. The average molecular weight is 403 g/mol. The zero-order chi connectivity index (χ0) is 19.0. The molecule has 3 nitrogen and oxygen atoms in total. The van der Waals surface area contributed by atoms with Crippen LogP contribution in [0.25, 0.3) is 0 Å². The highest BCUT2D eigenvalue weighted by molar-refractivity contribution is 5.95. The number of piperidine rings is 1. The maximum atomic E-state index is 13.0. The zero-order valence-corrected chi connectivity index (χ0v) is 17.3. The third kappa shape index (κ3) is 4.08. The Balaban J connectivity index is 0.00000225.